The lowest BCUT2D eigenvalue weighted by Crippen LogP contribution is -2.60. The van der Waals surface area contributed by atoms with Gasteiger partial charge in [-0.25, -0.2) is 4.79 Å². The number of ether oxygens (including phenoxy) is 2. The molecule has 5 aromatic rings. The molecule has 0 radical (unpaired) electrons. The second kappa shape index (κ2) is 16.7. The van der Waals surface area contributed by atoms with Crippen molar-refractivity contribution >= 4 is 47.2 Å². The van der Waals surface area contributed by atoms with E-state index in [2.05, 4.69) is 60.6 Å². The molecular formula is C40H48ClN3O6Si. The van der Waals surface area contributed by atoms with Crippen molar-refractivity contribution in [2.45, 2.75) is 77.4 Å². The molecule has 6 rings (SSSR count). The lowest BCUT2D eigenvalue weighted by atomic mass is 9.98. The first kappa shape index (κ1) is 37.0. The molecule has 2 N–H and O–H groups in total. The van der Waals surface area contributed by atoms with Gasteiger partial charge in [-0.3, -0.25) is 4.68 Å². The van der Waals surface area contributed by atoms with Gasteiger partial charge in [0, 0.05) is 43.8 Å². The first-order valence-electron chi connectivity index (χ1n) is 18.0. The smallest absolute Gasteiger partial charge is 0.352 e. The molecule has 1 unspecified atom stereocenters. The van der Waals surface area contributed by atoms with E-state index in [9.17, 15) is 15.0 Å². The molecule has 1 aliphatic rings. The first-order chi connectivity index (χ1) is 24.8. The van der Waals surface area contributed by atoms with Crippen molar-refractivity contribution in [1.82, 2.24) is 14.3 Å². The number of halogens is 1. The van der Waals surface area contributed by atoms with Crippen LogP contribution in [0.3, 0.4) is 0 Å². The van der Waals surface area contributed by atoms with Crippen LogP contribution < -0.4 is 10.4 Å². The third-order valence-electron chi connectivity index (χ3n) is 10.1. The van der Waals surface area contributed by atoms with Crippen LogP contribution in [-0.4, -0.2) is 58.4 Å². The zero-order valence-corrected chi connectivity index (χ0v) is 31.5. The number of unbranched alkanes of at least 4 members (excludes halogenated alkanes) is 1. The second-order valence-electron chi connectivity index (χ2n) is 13.3. The summed E-state index contributed by atoms with van der Waals surface area (Å²) in [4.78, 5) is 12.9. The normalized spacial score (nSPS) is 15.1. The van der Waals surface area contributed by atoms with E-state index in [0.717, 1.165) is 54.8 Å². The van der Waals surface area contributed by atoms with Crippen LogP contribution in [0, 0.1) is 0 Å². The van der Waals surface area contributed by atoms with Gasteiger partial charge in [-0.2, -0.15) is 5.10 Å². The van der Waals surface area contributed by atoms with Gasteiger partial charge in [0.1, 0.15) is 5.69 Å². The average molecular weight is 730 g/mol. The zero-order chi connectivity index (χ0) is 36.0. The number of aryl methyl sites for hydroxylation is 3. The molecule has 1 saturated heterocycles. The SMILES string of the molecule is CCCC[Si](OCCCc1c(C(=O)O)n(C)c2c(-c3c(CO)nn(C)c3COC3CCCCO3)c(Cl)ccc12)(c1ccccc1)c1ccccc1. The van der Waals surface area contributed by atoms with Crippen molar-refractivity contribution in [3.63, 3.8) is 0 Å². The third kappa shape index (κ3) is 7.58. The molecule has 270 valence electrons. The first-order valence-corrected chi connectivity index (χ1v) is 20.5. The summed E-state index contributed by atoms with van der Waals surface area (Å²) >= 11 is 6.98. The Bertz CT molecular complexity index is 1900. The predicted molar refractivity (Wildman–Crippen MR) is 203 cm³/mol. The summed E-state index contributed by atoms with van der Waals surface area (Å²) < 4.78 is 22.5. The van der Waals surface area contributed by atoms with E-state index >= 15 is 0 Å². The van der Waals surface area contributed by atoms with E-state index < -0.39 is 14.3 Å². The van der Waals surface area contributed by atoms with Crippen molar-refractivity contribution in [3.8, 4) is 11.1 Å². The van der Waals surface area contributed by atoms with E-state index in [1.807, 2.05) is 25.2 Å². The summed E-state index contributed by atoms with van der Waals surface area (Å²) in [6.45, 7) is 3.23. The molecule has 1 atom stereocenters. The largest absolute Gasteiger partial charge is 0.477 e. The monoisotopic (exact) mass is 729 g/mol. The van der Waals surface area contributed by atoms with Gasteiger partial charge in [0.15, 0.2) is 6.29 Å². The number of aromatic carboxylic acids is 1. The Hall–Kier alpha value is -3.77. The number of hydrogen-bond acceptors (Lipinski definition) is 6. The van der Waals surface area contributed by atoms with Gasteiger partial charge in [-0.05, 0) is 60.2 Å². The molecular weight excluding hydrogens is 682 g/mol. The van der Waals surface area contributed by atoms with Gasteiger partial charge < -0.3 is 28.7 Å². The van der Waals surface area contributed by atoms with Crippen LogP contribution in [0.5, 0.6) is 0 Å². The molecule has 3 heterocycles. The molecule has 0 amide bonds. The van der Waals surface area contributed by atoms with Crippen LogP contribution in [0.15, 0.2) is 72.8 Å². The molecule has 0 bridgehead atoms. The number of carboxylic acids is 1. The van der Waals surface area contributed by atoms with Crippen molar-refractivity contribution in [2.75, 3.05) is 13.2 Å². The minimum absolute atomic E-state index is 0.198. The minimum Gasteiger partial charge on any atom is -0.477 e. The van der Waals surface area contributed by atoms with Crippen molar-refractivity contribution < 1.29 is 28.9 Å². The standard InChI is InChI=1S/C40H48ClN3O6Si/c1-4-5-25-51(28-15-8-6-9-16-28,29-17-10-7-11-18-29)50-24-14-19-30-31-21-22-32(41)36(38(31)43(2)39(30)40(46)47)37-33(26-45)42-44(3)34(37)27-49-35-20-12-13-23-48-35/h6-11,15-18,21-22,35,45H,4-5,12-14,19-20,23-27H2,1-3H3,(H,46,47). The quantitative estimate of drug-likeness (QED) is 0.0834. The van der Waals surface area contributed by atoms with Gasteiger partial charge in [-0.15, -0.1) is 0 Å². The van der Waals surface area contributed by atoms with E-state index in [1.165, 1.54) is 10.4 Å². The van der Waals surface area contributed by atoms with Gasteiger partial charge in [0.2, 0.25) is 0 Å². The number of hydrogen-bond donors (Lipinski definition) is 2. The van der Waals surface area contributed by atoms with Crippen LogP contribution in [-0.2, 0) is 47.6 Å². The summed E-state index contributed by atoms with van der Waals surface area (Å²) in [6, 6.07) is 25.8. The molecule has 2 aromatic heterocycles. The van der Waals surface area contributed by atoms with Crippen LogP contribution in [0.2, 0.25) is 11.1 Å². The summed E-state index contributed by atoms with van der Waals surface area (Å²) in [6.07, 6.45) is 5.78. The fourth-order valence-corrected chi connectivity index (χ4v) is 12.0. The number of nitrogens with zero attached hydrogens (tertiary/aromatic N) is 3. The number of benzene rings is 3. The molecule has 1 aliphatic heterocycles. The molecule has 9 nitrogen and oxygen atoms in total. The Balaban J connectivity index is 1.35. The lowest BCUT2D eigenvalue weighted by molar-refractivity contribution is -0.169. The third-order valence-corrected chi connectivity index (χ3v) is 14.7. The maximum Gasteiger partial charge on any atom is 0.352 e. The predicted octanol–water partition coefficient (Wildman–Crippen LogP) is 6.98. The highest BCUT2D eigenvalue weighted by Crippen LogP contribution is 2.42. The number of rotatable bonds is 16. The highest BCUT2D eigenvalue weighted by molar-refractivity contribution is 6.97. The number of aliphatic hydroxyl groups is 1. The molecule has 51 heavy (non-hydrogen) atoms. The van der Waals surface area contributed by atoms with Crippen molar-refractivity contribution in [3.05, 3.63) is 100 Å². The highest BCUT2D eigenvalue weighted by Gasteiger charge is 2.39. The number of aliphatic hydroxyl groups excluding tert-OH is 1. The van der Waals surface area contributed by atoms with E-state index in [-0.39, 0.29) is 25.2 Å². The number of fused-ring (bicyclic) bond motifs is 1. The fourth-order valence-electron chi connectivity index (χ4n) is 7.59. The second-order valence-corrected chi connectivity index (χ2v) is 17.3. The Morgan fingerprint density at radius 1 is 1.00 bits per heavy atom. The Morgan fingerprint density at radius 2 is 1.71 bits per heavy atom. The molecule has 0 aliphatic carbocycles. The van der Waals surface area contributed by atoms with Gasteiger partial charge in [-0.1, -0.05) is 98.1 Å². The summed E-state index contributed by atoms with van der Waals surface area (Å²) in [7, 11) is 0.995. The van der Waals surface area contributed by atoms with E-state index in [1.54, 1.807) is 22.4 Å². The Morgan fingerprint density at radius 3 is 2.31 bits per heavy atom. The van der Waals surface area contributed by atoms with Crippen LogP contribution >= 0.6 is 11.6 Å². The molecule has 0 spiro atoms. The maximum absolute atomic E-state index is 12.9. The van der Waals surface area contributed by atoms with Crippen LogP contribution in [0.4, 0.5) is 0 Å². The average Bonchev–Trinajstić information content (AvgIpc) is 3.63. The number of carbonyl (C=O) groups is 1. The molecule has 1 fully saturated rings. The topological polar surface area (TPSA) is 108 Å². The van der Waals surface area contributed by atoms with Gasteiger partial charge in [0.25, 0.3) is 8.32 Å². The highest BCUT2D eigenvalue weighted by atomic mass is 35.5. The Labute approximate surface area is 305 Å². The summed E-state index contributed by atoms with van der Waals surface area (Å²) in [5.74, 6) is -1.02. The summed E-state index contributed by atoms with van der Waals surface area (Å²) in [5, 5.41) is 29.4. The zero-order valence-electron chi connectivity index (χ0n) is 29.7. The number of carboxylic acid groups (broad SMARTS) is 1. The molecule has 11 heteroatoms. The van der Waals surface area contributed by atoms with Crippen LogP contribution in [0.25, 0.3) is 22.0 Å². The maximum atomic E-state index is 12.9. The lowest BCUT2D eigenvalue weighted by Gasteiger charge is -2.33. The minimum atomic E-state index is -2.58. The van der Waals surface area contributed by atoms with Gasteiger partial charge >= 0.3 is 5.97 Å². The summed E-state index contributed by atoms with van der Waals surface area (Å²) in [5.41, 5.74) is 4.05. The number of aromatic nitrogens is 3. The van der Waals surface area contributed by atoms with E-state index in [4.69, 9.17) is 25.5 Å². The van der Waals surface area contributed by atoms with E-state index in [0.29, 0.717) is 53.4 Å². The Kier molecular flexibility index (Phi) is 12.1. The fraction of sp³-hybridized carbons (Fsp3) is 0.400. The van der Waals surface area contributed by atoms with Crippen molar-refractivity contribution in [2.24, 2.45) is 14.1 Å². The van der Waals surface area contributed by atoms with Gasteiger partial charge in [0.05, 0.1) is 35.1 Å². The van der Waals surface area contributed by atoms with Crippen molar-refractivity contribution in [1.29, 1.82) is 0 Å². The van der Waals surface area contributed by atoms with Crippen LogP contribution in [0.1, 0.15) is 72.9 Å². The molecule has 3 aromatic carbocycles. The molecule has 0 saturated carbocycles.